The molecule has 7 heteroatoms. The molecule has 3 aromatic rings. The summed E-state index contributed by atoms with van der Waals surface area (Å²) in [6, 6.07) is 12.0. The van der Waals surface area contributed by atoms with Crippen LogP contribution in [0.25, 0.3) is 10.9 Å². The third-order valence-corrected chi connectivity index (χ3v) is 4.99. The number of nitrogens with one attached hydrogen (secondary N) is 2. The van der Waals surface area contributed by atoms with Gasteiger partial charge in [-0.2, -0.15) is 0 Å². The number of rotatable bonds is 5. The van der Waals surface area contributed by atoms with Gasteiger partial charge in [0.2, 0.25) is 0 Å². The summed E-state index contributed by atoms with van der Waals surface area (Å²) in [5.41, 5.74) is 3.10. The normalized spacial score (nSPS) is 11.8. The van der Waals surface area contributed by atoms with Crippen molar-refractivity contribution < 1.29 is 0 Å². The molecule has 0 amide bonds. The lowest BCUT2D eigenvalue weighted by molar-refractivity contribution is 0.752. The Morgan fingerprint density at radius 3 is 2.73 bits per heavy atom. The van der Waals surface area contributed by atoms with E-state index in [1.807, 2.05) is 55.1 Å². The van der Waals surface area contributed by atoms with E-state index < -0.39 is 0 Å². The van der Waals surface area contributed by atoms with Crippen LogP contribution in [0, 0.1) is 0 Å². The topological polar surface area (TPSA) is 54.2 Å². The summed E-state index contributed by atoms with van der Waals surface area (Å²) >= 11 is 12.2. The van der Waals surface area contributed by atoms with Crippen molar-refractivity contribution in [3.05, 3.63) is 64.0 Å². The number of aromatic nitrogens is 2. The molecule has 5 nitrogen and oxygen atoms in total. The number of hydrogen-bond donors (Lipinski definition) is 2. The van der Waals surface area contributed by atoms with Crippen molar-refractivity contribution in [1.29, 1.82) is 0 Å². The standard InChI is InChI=1S/C19H21Cl2N5/c1-3-22-19(25-12-14-10-16(20)18(21)26(14)2)24-11-13-8-9-23-17-7-5-4-6-15(13)17/h4-10H,3,11-12H2,1-2H3,(H2,22,24,25). The molecule has 0 aliphatic heterocycles. The van der Waals surface area contributed by atoms with Crippen molar-refractivity contribution in [2.75, 3.05) is 6.54 Å². The average Bonchev–Trinajstić information content (AvgIpc) is 2.91. The van der Waals surface area contributed by atoms with E-state index in [1.165, 1.54) is 0 Å². The molecule has 0 radical (unpaired) electrons. The fraction of sp³-hybridized carbons (Fsp3) is 0.263. The number of fused-ring (bicyclic) bond motifs is 1. The molecule has 0 saturated carbocycles. The lowest BCUT2D eigenvalue weighted by atomic mass is 10.1. The molecule has 2 heterocycles. The van der Waals surface area contributed by atoms with Crippen molar-refractivity contribution in [1.82, 2.24) is 20.2 Å². The number of benzene rings is 1. The Morgan fingerprint density at radius 1 is 1.19 bits per heavy atom. The van der Waals surface area contributed by atoms with Crippen molar-refractivity contribution in [3.8, 4) is 0 Å². The lowest BCUT2D eigenvalue weighted by Gasteiger charge is -2.12. The first-order valence-corrected chi connectivity index (χ1v) is 9.20. The van der Waals surface area contributed by atoms with Gasteiger partial charge in [-0.15, -0.1) is 0 Å². The summed E-state index contributed by atoms with van der Waals surface area (Å²) in [5, 5.41) is 8.79. The number of aliphatic imine (C=N–C) groups is 1. The van der Waals surface area contributed by atoms with Crippen LogP contribution in [0.4, 0.5) is 0 Å². The number of para-hydroxylation sites is 1. The van der Waals surface area contributed by atoms with Gasteiger partial charge in [0.1, 0.15) is 5.15 Å². The summed E-state index contributed by atoms with van der Waals surface area (Å²) in [4.78, 5) is 9.09. The Labute approximate surface area is 163 Å². The van der Waals surface area contributed by atoms with Crippen molar-refractivity contribution in [2.45, 2.75) is 20.0 Å². The zero-order chi connectivity index (χ0) is 18.5. The fourth-order valence-corrected chi connectivity index (χ4v) is 3.15. The van der Waals surface area contributed by atoms with E-state index >= 15 is 0 Å². The van der Waals surface area contributed by atoms with E-state index in [1.54, 1.807) is 0 Å². The minimum Gasteiger partial charge on any atom is -0.357 e. The van der Waals surface area contributed by atoms with Crippen LogP contribution in [0.1, 0.15) is 18.2 Å². The maximum absolute atomic E-state index is 6.12. The second kappa shape index (κ2) is 8.43. The van der Waals surface area contributed by atoms with Crippen LogP contribution in [0.2, 0.25) is 10.2 Å². The monoisotopic (exact) mass is 389 g/mol. The molecule has 0 unspecified atom stereocenters. The van der Waals surface area contributed by atoms with Gasteiger partial charge in [0, 0.05) is 30.9 Å². The molecule has 3 rings (SSSR count). The zero-order valence-electron chi connectivity index (χ0n) is 14.8. The molecule has 2 N–H and O–H groups in total. The number of halogens is 2. The first-order chi connectivity index (χ1) is 12.6. The zero-order valence-corrected chi connectivity index (χ0v) is 16.3. The summed E-state index contributed by atoms with van der Waals surface area (Å²) in [7, 11) is 1.89. The largest absolute Gasteiger partial charge is 0.357 e. The Hall–Kier alpha value is -2.24. The molecule has 0 atom stereocenters. The quantitative estimate of drug-likeness (QED) is 0.509. The van der Waals surface area contributed by atoms with Gasteiger partial charge in [-0.25, -0.2) is 4.99 Å². The highest BCUT2D eigenvalue weighted by Crippen LogP contribution is 2.25. The predicted octanol–water partition coefficient (Wildman–Crippen LogP) is 4.14. The molecular weight excluding hydrogens is 369 g/mol. The van der Waals surface area contributed by atoms with E-state index in [2.05, 4.69) is 21.7 Å². The number of guanidine groups is 1. The fourth-order valence-electron chi connectivity index (χ4n) is 2.73. The van der Waals surface area contributed by atoms with E-state index in [0.717, 1.165) is 34.7 Å². The van der Waals surface area contributed by atoms with Gasteiger partial charge in [0.15, 0.2) is 5.96 Å². The van der Waals surface area contributed by atoms with Crippen LogP contribution in [0.3, 0.4) is 0 Å². The Balaban J connectivity index is 1.75. The van der Waals surface area contributed by atoms with Gasteiger partial charge in [0.05, 0.1) is 23.6 Å². The smallest absolute Gasteiger partial charge is 0.191 e. The molecule has 1 aromatic carbocycles. The minimum absolute atomic E-state index is 0.536. The van der Waals surface area contributed by atoms with Crippen molar-refractivity contribution >= 4 is 40.1 Å². The lowest BCUT2D eigenvalue weighted by Crippen LogP contribution is -2.37. The maximum atomic E-state index is 6.12. The molecule has 0 fully saturated rings. The molecule has 0 spiro atoms. The number of hydrogen-bond acceptors (Lipinski definition) is 2. The number of nitrogens with zero attached hydrogens (tertiary/aromatic N) is 3. The molecule has 26 heavy (non-hydrogen) atoms. The number of pyridine rings is 1. The molecule has 0 aliphatic rings. The highest BCUT2D eigenvalue weighted by Gasteiger charge is 2.09. The summed E-state index contributed by atoms with van der Waals surface area (Å²) in [5.74, 6) is 0.738. The van der Waals surface area contributed by atoms with E-state index in [9.17, 15) is 0 Å². The minimum atomic E-state index is 0.536. The van der Waals surface area contributed by atoms with Gasteiger partial charge in [-0.3, -0.25) is 4.98 Å². The van der Waals surface area contributed by atoms with Crippen LogP contribution in [-0.4, -0.2) is 22.1 Å². The third-order valence-electron chi connectivity index (χ3n) is 4.14. The second-order valence-corrected chi connectivity index (χ2v) is 6.63. The first-order valence-electron chi connectivity index (χ1n) is 8.44. The third kappa shape index (κ3) is 4.11. The molecule has 2 aromatic heterocycles. The van der Waals surface area contributed by atoms with Crippen LogP contribution in [0.15, 0.2) is 47.6 Å². The van der Waals surface area contributed by atoms with Crippen molar-refractivity contribution in [2.24, 2.45) is 12.0 Å². The summed E-state index contributed by atoms with van der Waals surface area (Å²) in [6.45, 7) is 3.95. The highest BCUT2D eigenvalue weighted by atomic mass is 35.5. The molecule has 136 valence electrons. The Kier molecular flexibility index (Phi) is 6.01. The first kappa shape index (κ1) is 18.5. The molecule has 0 saturated heterocycles. The average molecular weight is 390 g/mol. The van der Waals surface area contributed by atoms with Crippen LogP contribution < -0.4 is 10.6 Å². The van der Waals surface area contributed by atoms with Gasteiger partial charge in [-0.05, 0) is 30.7 Å². The van der Waals surface area contributed by atoms with Gasteiger partial charge >= 0.3 is 0 Å². The SMILES string of the molecule is CCNC(=NCc1ccnc2ccccc12)NCc1cc(Cl)c(Cl)n1C. The van der Waals surface area contributed by atoms with E-state index in [0.29, 0.717) is 23.3 Å². The van der Waals surface area contributed by atoms with Gasteiger partial charge in [-0.1, -0.05) is 41.4 Å². The Bertz CT molecular complexity index is 928. The van der Waals surface area contributed by atoms with Crippen LogP contribution in [0.5, 0.6) is 0 Å². The van der Waals surface area contributed by atoms with Gasteiger partial charge < -0.3 is 15.2 Å². The van der Waals surface area contributed by atoms with Crippen LogP contribution >= 0.6 is 23.2 Å². The van der Waals surface area contributed by atoms with E-state index in [-0.39, 0.29) is 0 Å². The van der Waals surface area contributed by atoms with Crippen LogP contribution in [-0.2, 0) is 20.1 Å². The molecule has 0 bridgehead atoms. The highest BCUT2D eigenvalue weighted by molar-refractivity contribution is 6.41. The predicted molar refractivity (Wildman–Crippen MR) is 109 cm³/mol. The maximum Gasteiger partial charge on any atom is 0.191 e. The van der Waals surface area contributed by atoms with Crippen molar-refractivity contribution in [3.63, 3.8) is 0 Å². The second-order valence-electron chi connectivity index (χ2n) is 5.87. The Morgan fingerprint density at radius 2 is 2.00 bits per heavy atom. The van der Waals surface area contributed by atoms with E-state index in [4.69, 9.17) is 28.2 Å². The molecular formula is C19H21Cl2N5. The summed E-state index contributed by atoms with van der Waals surface area (Å²) in [6.07, 6.45) is 1.82. The van der Waals surface area contributed by atoms with Gasteiger partial charge in [0.25, 0.3) is 0 Å². The summed E-state index contributed by atoms with van der Waals surface area (Å²) < 4.78 is 1.86. The molecule has 0 aliphatic carbocycles.